The summed E-state index contributed by atoms with van der Waals surface area (Å²) in [6.45, 7) is 0.895. The molecule has 2 amide bonds. The van der Waals surface area contributed by atoms with Crippen LogP contribution < -0.4 is 5.73 Å². The fraction of sp³-hybridized carbons (Fsp3) is 0.429. The van der Waals surface area contributed by atoms with E-state index in [1.165, 1.54) is 17.0 Å². The molecule has 0 saturated carbocycles. The van der Waals surface area contributed by atoms with Crippen LogP contribution in [0.2, 0.25) is 0 Å². The zero-order valence-corrected chi connectivity index (χ0v) is 11.0. The molecule has 1 aliphatic heterocycles. The average Bonchev–Trinajstić information content (AvgIpc) is 2.45. The lowest BCUT2D eigenvalue weighted by atomic mass is 10.1. The first-order chi connectivity index (χ1) is 9.58. The molecule has 0 aliphatic carbocycles. The van der Waals surface area contributed by atoms with Crippen molar-refractivity contribution in [1.29, 1.82) is 0 Å². The fourth-order valence-electron chi connectivity index (χ4n) is 2.23. The molecule has 1 aromatic carbocycles. The third-order valence-electron chi connectivity index (χ3n) is 3.29. The number of morpholine rings is 1. The van der Waals surface area contributed by atoms with Gasteiger partial charge in [-0.3, -0.25) is 9.59 Å². The zero-order valence-electron chi connectivity index (χ0n) is 11.0. The van der Waals surface area contributed by atoms with Crippen LogP contribution in [0.4, 0.5) is 4.39 Å². The molecule has 1 saturated heterocycles. The molecule has 1 aromatic rings. The number of benzene rings is 1. The molecule has 108 valence electrons. The van der Waals surface area contributed by atoms with E-state index in [2.05, 4.69) is 0 Å². The molecule has 0 bridgehead atoms. The van der Waals surface area contributed by atoms with Crippen molar-refractivity contribution in [2.45, 2.75) is 18.9 Å². The summed E-state index contributed by atoms with van der Waals surface area (Å²) < 4.78 is 18.2. The number of carbonyl (C=O) groups is 2. The first-order valence-electron chi connectivity index (χ1n) is 6.49. The fourth-order valence-corrected chi connectivity index (χ4v) is 2.23. The van der Waals surface area contributed by atoms with Gasteiger partial charge in [-0.05, 0) is 24.1 Å². The number of hydrogen-bond acceptors (Lipinski definition) is 3. The number of rotatable bonds is 4. The summed E-state index contributed by atoms with van der Waals surface area (Å²) in [5, 5.41) is 0. The third-order valence-corrected chi connectivity index (χ3v) is 3.29. The normalized spacial score (nSPS) is 18.9. The Morgan fingerprint density at radius 1 is 1.45 bits per heavy atom. The predicted octanol–water partition coefficient (Wildman–Crippen LogP) is 0.471. The SMILES string of the molecule is NC(=O)C1COCCN1C(=O)CCc1cccc(F)c1. The van der Waals surface area contributed by atoms with Gasteiger partial charge in [0.05, 0.1) is 13.2 Å². The van der Waals surface area contributed by atoms with Crippen molar-refractivity contribution in [3.05, 3.63) is 35.6 Å². The Labute approximate surface area is 116 Å². The van der Waals surface area contributed by atoms with Gasteiger partial charge < -0.3 is 15.4 Å². The maximum atomic E-state index is 13.0. The Morgan fingerprint density at radius 3 is 2.95 bits per heavy atom. The first kappa shape index (κ1) is 14.5. The van der Waals surface area contributed by atoms with Gasteiger partial charge in [0.1, 0.15) is 11.9 Å². The van der Waals surface area contributed by atoms with Gasteiger partial charge in [-0.25, -0.2) is 4.39 Å². The van der Waals surface area contributed by atoms with Crippen molar-refractivity contribution in [2.24, 2.45) is 5.73 Å². The number of carbonyl (C=O) groups excluding carboxylic acids is 2. The van der Waals surface area contributed by atoms with Gasteiger partial charge in [-0.2, -0.15) is 0 Å². The van der Waals surface area contributed by atoms with Gasteiger partial charge in [0.15, 0.2) is 0 Å². The number of ether oxygens (including phenoxy) is 1. The van der Waals surface area contributed by atoms with Crippen LogP contribution in [0.15, 0.2) is 24.3 Å². The summed E-state index contributed by atoms with van der Waals surface area (Å²) >= 11 is 0. The van der Waals surface area contributed by atoms with Crippen LogP contribution in [0.5, 0.6) is 0 Å². The highest BCUT2D eigenvalue weighted by Crippen LogP contribution is 2.12. The zero-order chi connectivity index (χ0) is 14.5. The van der Waals surface area contributed by atoms with E-state index in [1.54, 1.807) is 12.1 Å². The Balaban J connectivity index is 1.95. The highest BCUT2D eigenvalue weighted by Gasteiger charge is 2.30. The van der Waals surface area contributed by atoms with Gasteiger partial charge >= 0.3 is 0 Å². The molecule has 2 rings (SSSR count). The maximum absolute atomic E-state index is 13.0. The van der Waals surface area contributed by atoms with Crippen molar-refractivity contribution in [1.82, 2.24) is 4.90 Å². The summed E-state index contributed by atoms with van der Waals surface area (Å²) in [7, 11) is 0. The molecule has 1 fully saturated rings. The van der Waals surface area contributed by atoms with E-state index in [1.807, 2.05) is 0 Å². The quantitative estimate of drug-likeness (QED) is 0.871. The number of nitrogens with two attached hydrogens (primary N) is 1. The highest BCUT2D eigenvalue weighted by molar-refractivity contribution is 5.87. The van der Waals surface area contributed by atoms with Crippen molar-refractivity contribution in [3.8, 4) is 0 Å². The van der Waals surface area contributed by atoms with Crippen molar-refractivity contribution >= 4 is 11.8 Å². The first-order valence-corrected chi connectivity index (χ1v) is 6.49. The van der Waals surface area contributed by atoms with Gasteiger partial charge in [-0.15, -0.1) is 0 Å². The molecule has 0 spiro atoms. The van der Waals surface area contributed by atoms with Crippen LogP contribution in [0, 0.1) is 5.82 Å². The lowest BCUT2D eigenvalue weighted by Crippen LogP contribution is -2.54. The van der Waals surface area contributed by atoms with Gasteiger partial charge in [0, 0.05) is 13.0 Å². The second-order valence-electron chi connectivity index (χ2n) is 4.71. The monoisotopic (exact) mass is 280 g/mol. The Bertz CT molecular complexity index is 507. The smallest absolute Gasteiger partial charge is 0.242 e. The minimum atomic E-state index is -0.705. The molecular formula is C14H17FN2O3. The largest absolute Gasteiger partial charge is 0.377 e. The topological polar surface area (TPSA) is 72.6 Å². The maximum Gasteiger partial charge on any atom is 0.242 e. The minimum absolute atomic E-state index is 0.140. The molecule has 0 radical (unpaired) electrons. The summed E-state index contributed by atoms with van der Waals surface area (Å²) in [5.74, 6) is -1.05. The van der Waals surface area contributed by atoms with Crippen LogP contribution in [0.1, 0.15) is 12.0 Å². The number of amides is 2. The Kier molecular flexibility index (Phi) is 4.68. The molecule has 2 N–H and O–H groups in total. The summed E-state index contributed by atoms with van der Waals surface area (Å²) in [6, 6.07) is 5.43. The van der Waals surface area contributed by atoms with Crippen LogP contribution >= 0.6 is 0 Å². The molecule has 5 nitrogen and oxygen atoms in total. The van der Waals surface area contributed by atoms with E-state index >= 15 is 0 Å². The molecule has 1 heterocycles. The average molecular weight is 280 g/mol. The van der Waals surface area contributed by atoms with Crippen LogP contribution in [-0.2, 0) is 20.7 Å². The molecule has 20 heavy (non-hydrogen) atoms. The molecule has 1 atom stereocenters. The predicted molar refractivity (Wildman–Crippen MR) is 70.2 cm³/mol. The molecule has 0 aromatic heterocycles. The number of nitrogens with zero attached hydrogens (tertiary/aromatic N) is 1. The third kappa shape index (κ3) is 3.54. The Morgan fingerprint density at radius 2 is 2.25 bits per heavy atom. The number of aryl methyl sites for hydroxylation is 1. The van der Waals surface area contributed by atoms with Crippen molar-refractivity contribution < 1.29 is 18.7 Å². The highest BCUT2D eigenvalue weighted by atomic mass is 19.1. The van der Waals surface area contributed by atoms with E-state index in [4.69, 9.17) is 10.5 Å². The minimum Gasteiger partial charge on any atom is -0.377 e. The van der Waals surface area contributed by atoms with Crippen LogP contribution in [-0.4, -0.2) is 42.5 Å². The molecule has 6 heteroatoms. The molecular weight excluding hydrogens is 263 g/mol. The molecule has 1 aliphatic rings. The number of primary amides is 1. The van der Waals surface area contributed by atoms with E-state index in [-0.39, 0.29) is 24.8 Å². The number of halogens is 1. The summed E-state index contributed by atoms with van der Waals surface area (Å²) in [5.41, 5.74) is 6.01. The van der Waals surface area contributed by atoms with Crippen LogP contribution in [0.25, 0.3) is 0 Å². The number of hydrogen-bond donors (Lipinski definition) is 1. The van der Waals surface area contributed by atoms with Gasteiger partial charge in [0.25, 0.3) is 0 Å². The standard InChI is InChI=1S/C14H17FN2O3/c15-11-3-1-2-10(8-11)4-5-13(18)17-6-7-20-9-12(17)14(16)19/h1-3,8,12H,4-7,9H2,(H2,16,19). The molecule has 1 unspecified atom stereocenters. The van der Waals surface area contributed by atoms with Crippen molar-refractivity contribution in [2.75, 3.05) is 19.8 Å². The Hall–Kier alpha value is -1.95. The summed E-state index contributed by atoms with van der Waals surface area (Å²) in [4.78, 5) is 24.9. The van der Waals surface area contributed by atoms with E-state index < -0.39 is 11.9 Å². The second kappa shape index (κ2) is 6.47. The van der Waals surface area contributed by atoms with Crippen molar-refractivity contribution in [3.63, 3.8) is 0 Å². The lowest BCUT2D eigenvalue weighted by molar-refractivity contribution is -0.147. The van der Waals surface area contributed by atoms with Gasteiger partial charge in [0.2, 0.25) is 11.8 Å². The summed E-state index contributed by atoms with van der Waals surface area (Å²) in [6.07, 6.45) is 0.646. The van der Waals surface area contributed by atoms with E-state index in [9.17, 15) is 14.0 Å². The van der Waals surface area contributed by atoms with E-state index in [0.717, 1.165) is 5.56 Å². The second-order valence-corrected chi connectivity index (χ2v) is 4.71. The lowest BCUT2D eigenvalue weighted by Gasteiger charge is -2.33. The van der Waals surface area contributed by atoms with Crippen LogP contribution in [0.3, 0.4) is 0 Å². The van der Waals surface area contributed by atoms with E-state index in [0.29, 0.717) is 19.6 Å². The van der Waals surface area contributed by atoms with Gasteiger partial charge in [-0.1, -0.05) is 12.1 Å².